The molecule has 0 aromatic rings. The van der Waals surface area contributed by atoms with Gasteiger partial charge in [0.25, 0.3) is 0 Å². The van der Waals surface area contributed by atoms with Crippen molar-refractivity contribution in [3.8, 4) is 0 Å². The molecule has 1 rings (SSSR count). The number of nitrogens with one attached hydrogen (secondary N) is 1. The maximum absolute atomic E-state index is 5.50. The summed E-state index contributed by atoms with van der Waals surface area (Å²) < 4.78 is 5.50. The Morgan fingerprint density at radius 2 is 2.00 bits per heavy atom. The van der Waals surface area contributed by atoms with E-state index in [1.807, 2.05) is 7.11 Å². The molecule has 0 heterocycles. The summed E-state index contributed by atoms with van der Waals surface area (Å²) in [5.74, 6) is 0.798. The summed E-state index contributed by atoms with van der Waals surface area (Å²) in [5, 5.41) is 3.63. The molecule has 2 unspecified atom stereocenters. The molecule has 0 bridgehead atoms. The zero-order chi connectivity index (χ0) is 10.4. The predicted molar refractivity (Wildman–Crippen MR) is 60.5 cm³/mol. The van der Waals surface area contributed by atoms with Crippen molar-refractivity contribution in [2.24, 2.45) is 5.92 Å². The highest BCUT2D eigenvalue weighted by Crippen LogP contribution is 2.20. The third-order valence-electron chi connectivity index (χ3n) is 3.13. The molecule has 2 atom stereocenters. The van der Waals surface area contributed by atoms with Gasteiger partial charge in [0.2, 0.25) is 0 Å². The highest BCUT2D eigenvalue weighted by atomic mass is 16.5. The summed E-state index contributed by atoms with van der Waals surface area (Å²) in [5.41, 5.74) is 0. The minimum absolute atomic E-state index is 0.455. The van der Waals surface area contributed by atoms with Crippen LogP contribution in [-0.4, -0.2) is 25.8 Å². The average molecular weight is 199 g/mol. The van der Waals surface area contributed by atoms with E-state index in [1.54, 1.807) is 0 Å². The molecule has 1 aliphatic carbocycles. The predicted octanol–water partition coefficient (Wildman–Crippen LogP) is 2.58. The van der Waals surface area contributed by atoms with Crippen LogP contribution in [0.2, 0.25) is 0 Å². The first kappa shape index (κ1) is 12.0. The van der Waals surface area contributed by atoms with Crippen LogP contribution in [0.25, 0.3) is 0 Å². The van der Waals surface area contributed by atoms with Gasteiger partial charge in [-0.15, -0.1) is 0 Å². The monoisotopic (exact) mass is 199 g/mol. The number of hydrogen-bond donors (Lipinski definition) is 1. The molecule has 1 saturated carbocycles. The molecule has 1 fully saturated rings. The Morgan fingerprint density at radius 1 is 1.29 bits per heavy atom. The van der Waals surface area contributed by atoms with Crippen LogP contribution in [-0.2, 0) is 4.74 Å². The SMILES string of the molecule is COC1CCCCC1NCCC(C)C. The van der Waals surface area contributed by atoms with Crippen molar-refractivity contribution in [3.05, 3.63) is 0 Å². The minimum atomic E-state index is 0.455. The molecular weight excluding hydrogens is 174 g/mol. The first-order chi connectivity index (χ1) is 6.74. The Morgan fingerprint density at radius 3 is 2.64 bits per heavy atom. The van der Waals surface area contributed by atoms with Gasteiger partial charge in [0.15, 0.2) is 0 Å². The van der Waals surface area contributed by atoms with Gasteiger partial charge in [-0.1, -0.05) is 26.7 Å². The van der Waals surface area contributed by atoms with Gasteiger partial charge in [-0.3, -0.25) is 0 Å². The lowest BCUT2D eigenvalue weighted by molar-refractivity contribution is 0.0416. The fraction of sp³-hybridized carbons (Fsp3) is 1.00. The number of methoxy groups -OCH3 is 1. The maximum Gasteiger partial charge on any atom is 0.0724 e. The Bertz CT molecular complexity index is 147. The van der Waals surface area contributed by atoms with Crippen molar-refractivity contribution in [3.63, 3.8) is 0 Å². The van der Waals surface area contributed by atoms with Crippen LogP contribution in [0.3, 0.4) is 0 Å². The molecule has 2 nitrogen and oxygen atoms in total. The molecule has 0 radical (unpaired) electrons. The van der Waals surface area contributed by atoms with Gasteiger partial charge >= 0.3 is 0 Å². The lowest BCUT2D eigenvalue weighted by Gasteiger charge is -2.31. The molecule has 0 spiro atoms. The van der Waals surface area contributed by atoms with Gasteiger partial charge in [-0.05, 0) is 31.7 Å². The van der Waals surface area contributed by atoms with Gasteiger partial charge < -0.3 is 10.1 Å². The second kappa shape index (κ2) is 6.41. The molecule has 2 heteroatoms. The van der Waals surface area contributed by atoms with Crippen LogP contribution in [0.4, 0.5) is 0 Å². The molecule has 14 heavy (non-hydrogen) atoms. The van der Waals surface area contributed by atoms with Gasteiger partial charge in [-0.25, -0.2) is 0 Å². The lowest BCUT2D eigenvalue weighted by Crippen LogP contribution is -2.43. The molecule has 0 amide bonds. The van der Waals surface area contributed by atoms with Crippen LogP contribution in [0.5, 0.6) is 0 Å². The molecule has 0 aromatic carbocycles. The van der Waals surface area contributed by atoms with E-state index in [4.69, 9.17) is 4.74 Å². The highest BCUT2D eigenvalue weighted by Gasteiger charge is 2.23. The lowest BCUT2D eigenvalue weighted by atomic mass is 9.92. The smallest absolute Gasteiger partial charge is 0.0724 e. The van der Waals surface area contributed by atoms with Crippen LogP contribution >= 0.6 is 0 Å². The summed E-state index contributed by atoms with van der Waals surface area (Å²) in [6.45, 7) is 5.69. The van der Waals surface area contributed by atoms with Crippen molar-refractivity contribution in [2.75, 3.05) is 13.7 Å². The Kier molecular flexibility index (Phi) is 5.49. The van der Waals surface area contributed by atoms with E-state index in [-0.39, 0.29) is 0 Å². The van der Waals surface area contributed by atoms with E-state index < -0.39 is 0 Å². The highest BCUT2D eigenvalue weighted by molar-refractivity contribution is 4.81. The molecule has 1 aliphatic rings. The fourth-order valence-corrected chi connectivity index (χ4v) is 2.17. The van der Waals surface area contributed by atoms with E-state index >= 15 is 0 Å². The Hall–Kier alpha value is -0.0800. The van der Waals surface area contributed by atoms with Gasteiger partial charge in [0.05, 0.1) is 6.10 Å². The van der Waals surface area contributed by atoms with Crippen molar-refractivity contribution >= 4 is 0 Å². The Balaban J connectivity index is 2.19. The van der Waals surface area contributed by atoms with Crippen molar-refractivity contribution in [1.29, 1.82) is 0 Å². The van der Waals surface area contributed by atoms with Gasteiger partial charge in [0, 0.05) is 13.2 Å². The van der Waals surface area contributed by atoms with Crippen LogP contribution in [0.15, 0.2) is 0 Å². The molecule has 84 valence electrons. The summed E-state index contributed by atoms with van der Waals surface area (Å²) in [6.07, 6.45) is 6.94. The molecule has 0 saturated heterocycles. The van der Waals surface area contributed by atoms with Crippen LogP contribution in [0, 0.1) is 5.92 Å². The topological polar surface area (TPSA) is 21.3 Å². The third kappa shape index (κ3) is 3.97. The molecule has 0 aromatic heterocycles. The standard InChI is InChI=1S/C12H25NO/c1-10(2)8-9-13-11-6-4-5-7-12(11)14-3/h10-13H,4-9H2,1-3H3. The maximum atomic E-state index is 5.50. The van der Waals surface area contributed by atoms with Crippen LogP contribution < -0.4 is 5.32 Å². The summed E-state index contributed by atoms with van der Waals surface area (Å²) in [6, 6.07) is 0.604. The van der Waals surface area contributed by atoms with E-state index in [1.165, 1.54) is 32.1 Å². The first-order valence-electron chi connectivity index (χ1n) is 6.00. The largest absolute Gasteiger partial charge is 0.380 e. The summed E-state index contributed by atoms with van der Waals surface area (Å²) >= 11 is 0. The van der Waals surface area contributed by atoms with E-state index in [0.717, 1.165) is 12.5 Å². The summed E-state index contributed by atoms with van der Waals surface area (Å²) in [4.78, 5) is 0. The van der Waals surface area contributed by atoms with Crippen molar-refractivity contribution in [2.45, 2.75) is 58.1 Å². The third-order valence-corrected chi connectivity index (χ3v) is 3.13. The normalized spacial score (nSPS) is 28.3. The van der Waals surface area contributed by atoms with Gasteiger partial charge in [0.1, 0.15) is 0 Å². The number of hydrogen-bond acceptors (Lipinski definition) is 2. The fourth-order valence-electron chi connectivity index (χ4n) is 2.17. The quantitative estimate of drug-likeness (QED) is 0.735. The zero-order valence-electron chi connectivity index (χ0n) is 9.88. The van der Waals surface area contributed by atoms with Crippen LogP contribution in [0.1, 0.15) is 46.0 Å². The second-order valence-corrected chi connectivity index (χ2v) is 4.80. The van der Waals surface area contributed by atoms with Crippen molar-refractivity contribution < 1.29 is 4.74 Å². The molecular formula is C12H25NO. The van der Waals surface area contributed by atoms with E-state index in [2.05, 4.69) is 19.2 Å². The number of rotatable bonds is 5. The first-order valence-corrected chi connectivity index (χ1v) is 6.00. The van der Waals surface area contributed by atoms with E-state index in [9.17, 15) is 0 Å². The van der Waals surface area contributed by atoms with E-state index in [0.29, 0.717) is 12.1 Å². The van der Waals surface area contributed by atoms with Crippen molar-refractivity contribution in [1.82, 2.24) is 5.32 Å². The molecule has 0 aliphatic heterocycles. The Labute approximate surface area is 88.4 Å². The zero-order valence-corrected chi connectivity index (χ0v) is 9.88. The second-order valence-electron chi connectivity index (χ2n) is 4.80. The minimum Gasteiger partial charge on any atom is -0.380 e. The average Bonchev–Trinajstić information content (AvgIpc) is 2.18. The summed E-state index contributed by atoms with van der Waals surface area (Å²) in [7, 11) is 1.84. The number of ether oxygens (including phenoxy) is 1. The molecule has 1 N–H and O–H groups in total. The van der Waals surface area contributed by atoms with Gasteiger partial charge in [-0.2, -0.15) is 0 Å².